The molecule has 1 aromatic heterocycles. The second kappa shape index (κ2) is 4.10. The first-order valence-electron chi connectivity index (χ1n) is 5.06. The summed E-state index contributed by atoms with van der Waals surface area (Å²) in [5.41, 5.74) is 3.05. The zero-order valence-electron chi connectivity index (χ0n) is 8.12. The van der Waals surface area contributed by atoms with Crippen LogP contribution >= 0.6 is 11.3 Å². The molecule has 0 radical (unpaired) electrons. The summed E-state index contributed by atoms with van der Waals surface area (Å²) in [6, 6.07) is 2.20. The predicted octanol–water partition coefficient (Wildman–Crippen LogP) is 4.34. The van der Waals surface area contributed by atoms with Gasteiger partial charge in [-0.15, -0.1) is 0 Å². The number of rotatable bonds is 1. The lowest BCUT2D eigenvalue weighted by atomic mass is 9.86. The summed E-state index contributed by atoms with van der Waals surface area (Å²) >= 11 is 1.78. The summed E-state index contributed by atoms with van der Waals surface area (Å²) in [7, 11) is 0. The molecule has 0 aliphatic heterocycles. The fraction of sp³-hybridized carbons (Fsp3) is 0.500. The lowest BCUT2D eigenvalue weighted by molar-refractivity contribution is 0.446. The van der Waals surface area contributed by atoms with E-state index in [1.54, 1.807) is 16.9 Å². The Morgan fingerprint density at radius 1 is 1.38 bits per heavy atom. The standard InChI is InChI=1S/C12H16S/c1-10-2-4-11(5-3-10)8-12-6-7-13-9-12/h6-10H,2-5H2,1H3. The Labute approximate surface area is 84.3 Å². The van der Waals surface area contributed by atoms with E-state index in [0.29, 0.717) is 0 Å². The molecule has 1 aliphatic carbocycles. The minimum Gasteiger partial charge on any atom is -0.152 e. The molecule has 0 N–H and O–H groups in total. The highest BCUT2D eigenvalue weighted by molar-refractivity contribution is 7.08. The second-order valence-corrected chi connectivity index (χ2v) is 4.82. The number of allylic oxidation sites excluding steroid dienone is 1. The van der Waals surface area contributed by atoms with Gasteiger partial charge in [0.25, 0.3) is 0 Å². The summed E-state index contributed by atoms with van der Waals surface area (Å²) in [6.07, 6.45) is 7.78. The van der Waals surface area contributed by atoms with Gasteiger partial charge in [0.1, 0.15) is 0 Å². The maximum Gasteiger partial charge on any atom is -0.00208 e. The van der Waals surface area contributed by atoms with Crippen molar-refractivity contribution in [1.82, 2.24) is 0 Å². The first-order chi connectivity index (χ1) is 6.34. The summed E-state index contributed by atoms with van der Waals surface area (Å²) in [5.74, 6) is 0.944. The highest BCUT2D eigenvalue weighted by Gasteiger charge is 2.11. The average Bonchev–Trinajstić information content (AvgIpc) is 2.62. The Morgan fingerprint density at radius 3 is 2.77 bits per heavy atom. The van der Waals surface area contributed by atoms with Crippen LogP contribution in [-0.4, -0.2) is 0 Å². The van der Waals surface area contributed by atoms with Crippen molar-refractivity contribution in [1.29, 1.82) is 0 Å². The molecule has 1 aliphatic rings. The zero-order chi connectivity index (χ0) is 9.10. The topological polar surface area (TPSA) is 0 Å². The lowest BCUT2D eigenvalue weighted by Gasteiger charge is -2.19. The molecule has 1 heteroatoms. The molecule has 0 atom stereocenters. The molecule has 0 amide bonds. The van der Waals surface area contributed by atoms with Crippen LogP contribution in [0.5, 0.6) is 0 Å². The third-order valence-corrected chi connectivity index (χ3v) is 3.53. The average molecular weight is 192 g/mol. The minimum atomic E-state index is 0.944. The van der Waals surface area contributed by atoms with Gasteiger partial charge < -0.3 is 0 Å². The first kappa shape index (κ1) is 9.01. The smallest absolute Gasteiger partial charge is 0.00208 e. The van der Waals surface area contributed by atoms with E-state index in [1.807, 2.05) is 0 Å². The Bertz CT molecular complexity index is 272. The number of hydrogen-bond acceptors (Lipinski definition) is 1. The summed E-state index contributed by atoms with van der Waals surface area (Å²) in [6.45, 7) is 2.36. The molecule has 2 rings (SSSR count). The molecule has 0 aromatic carbocycles. The van der Waals surface area contributed by atoms with Gasteiger partial charge in [-0.25, -0.2) is 0 Å². The molecule has 0 unspecified atom stereocenters. The van der Waals surface area contributed by atoms with Crippen molar-refractivity contribution in [2.24, 2.45) is 5.92 Å². The molecule has 1 aromatic rings. The SMILES string of the molecule is CC1CCC(=Cc2ccsc2)CC1. The van der Waals surface area contributed by atoms with Crippen molar-refractivity contribution in [3.8, 4) is 0 Å². The van der Waals surface area contributed by atoms with Crippen molar-refractivity contribution in [2.75, 3.05) is 0 Å². The normalized spacial score (nSPS) is 23.2. The zero-order valence-corrected chi connectivity index (χ0v) is 8.94. The van der Waals surface area contributed by atoms with Crippen LogP contribution in [-0.2, 0) is 0 Å². The van der Waals surface area contributed by atoms with Gasteiger partial charge in [-0.3, -0.25) is 0 Å². The molecule has 0 nitrogen and oxygen atoms in total. The van der Waals surface area contributed by atoms with Crippen molar-refractivity contribution < 1.29 is 0 Å². The van der Waals surface area contributed by atoms with E-state index in [-0.39, 0.29) is 0 Å². The van der Waals surface area contributed by atoms with Gasteiger partial charge in [-0.05, 0) is 54.0 Å². The van der Waals surface area contributed by atoms with Crippen molar-refractivity contribution in [3.63, 3.8) is 0 Å². The van der Waals surface area contributed by atoms with E-state index in [4.69, 9.17) is 0 Å². The highest BCUT2D eigenvalue weighted by Crippen LogP contribution is 2.29. The van der Waals surface area contributed by atoms with E-state index in [0.717, 1.165) is 5.92 Å². The molecule has 0 bridgehead atoms. The Hall–Kier alpha value is -0.560. The second-order valence-electron chi connectivity index (χ2n) is 4.04. The van der Waals surface area contributed by atoms with Crippen LogP contribution in [0, 0.1) is 5.92 Å². The van der Waals surface area contributed by atoms with Gasteiger partial charge in [0, 0.05) is 0 Å². The molecular weight excluding hydrogens is 176 g/mol. The summed E-state index contributed by atoms with van der Waals surface area (Å²) < 4.78 is 0. The molecule has 0 spiro atoms. The number of hydrogen-bond donors (Lipinski definition) is 0. The van der Waals surface area contributed by atoms with Crippen molar-refractivity contribution in [2.45, 2.75) is 32.6 Å². The first-order valence-corrected chi connectivity index (χ1v) is 6.00. The maximum absolute atomic E-state index is 2.38. The van der Waals surface area contributed by atoms with E-state index in [1.165, 1.54) is 31.2 Å². The quantitative estimate of drug-likeness (QED) is 0.621. The highest BCUT2D eigenvalue weighted by atomic mass is 32.1. The van der Waals surface area contributed by atoms with Crippen LogP contribution in [0.3, 0.4) is 0 Å². The Morgan fingerprint density at radius 2 is 2.15 bits per heavy atom. The maximum atomic E-state index is 2.38. The lowest BCUT2D eigenvalue weighted by Crippen LogP contribution is -2.03. The van der Waals surface area contributed by atoms with Gasteiger partial charge >= 0.3 is 0 Å². The van der Waals surface area contributed by atoms with Crippen molar-refractivity contribution >= 4 is 17.4 Å². The Kier molecular flexibility index (Phi) is 2.84. The summed E-state index contributed by atoms with van der Waals surface area (Å²) in [5, 5.41) is 4.38. The third-order valence-electron chi connectivity index (χ3n) is 2.83. The van der Waals surface area contributed by atoms with E-state index < -0.39 is 0 Å². The van der Waals surface area contributed by atoms with E-state index in [9.17, 15) is 0 Å². The molecular formula is C12H16S. The number of thiophene rings is 1. The van der Waals surface area contributed by atoms with Crippen LogP contribution < -0.4 is 0 Å². The molecule has 13 heavy (non-hydrogen) atoms. The van der Waals surface area contributed by atoms with Crippen molar-refractivity contribution in [3.05, 3.63) is 28.0 Å². The third kappa shape index (κ3) is 2.44. The van der Waals surface area contributed by atoms with Crippen LogP contribution in [0.15, 0.2) is 22.4 Å². The molecule has 70 valence electrons. The van der Waals surface area contributed by atoms with Gasteiger partial charge in [0.05, 0.1) is 0 Å². The van der Waals surface area contributed by atoms with Gasteiger partial charge in [-0.1, -0.05) is 18.6 Å². The fourth-order valence-electron chi connectivity index (χ4n) is 1.87. The van der Waals surface area contributed by atoms with Crippen LogP contribution in [0.1, 0.15) is 38.2 Å². The monoisotopic (exact) mass is 192 g/mol. The molecule has 1 heterocycles. The molecule has 1 saturated carbocycles. The Balaban J connectivity index is 2.02. The minimum absolute atomic E-state index is 0.944. The summed E-state index contributed by atoms with van der Waals surface area (Å²) in [4.78, 5) is 0. The predicted molar refractivity (Wildman–Crippen MR) is 59.9 cm³/mol. The molecule has 0 saturated heterocycles. The fourth-order valence-corrected chi connectivity index (χ4v) is 2.49. The van der Waals surface area contributed by atoms with Gasteiger partial charge in [0.15, 0.2) is 0 Å². The van der Waals surface area contributed by atoms with Crippen LogP contribution in [0.4, 0.5) is 0 Å². The largest absolute Gasteiger partial charge is 0.152 e. The molecule has 1 fully saturated rings. The van der Waals surface area contributed by atoms with E-state index >= 15 is 0 Å². The van der Waals surface area contributed by atoms with Gasteiger partial charge in [0.2, 0.25) is 0 Å². The van der Waals surface area contributed by atoms with Crippen LogP contribution in [0.2, 0.25) is 0 Å². The van der Waals surface area contributed by atoms with Gasteiger partial charge in [-0.2, -0.15) is 11.3 Å². The van der Waals surface area contributed by atoms with E-state index in [2.05, 4.69) is 29.8 Å². The van der Waals surface area contributed by atoms with Crippen LogP contribution in [0.25, 0.3) is 6.08 Å².